The summed E-state index contributed by atoms with van der Waals surface area (Å²) in [6.45, 7) is 2.04. The van der Waals surface area contributed by atoms with Gasteiger partial charge < -0.3 is 10.4 Å². The minimum Gasteiger partial charge on any atom is -0.508 e. The maximum absolute atomic E-state index is 12.5. The van der Waals surface area contributed by atoms with Crippen molar-refractivity contribution in [2.75, 3.05) is 0 Å². The van der Waals surface area contributed by atoms with E-state index in [0.29, 0.717) is 27.6 Å². The lowest BCUT2D eigenvalue weighted by molar-refractivity contribution is -0.121. The quantitative estimate of drug-likeness (QED) is 0.512. The van der Waals surface area contributed by atoms with Crippen molar-refractivity contribution >= 4 is 39.9 Å². The topological polar surface area (TPSA) is 49.3 Å². The van der Waals surface area contributed by atoms with E-state index in [1.54, 1.807) is 24.3 Å². The molecule has 27 heavy (non-hydrogen) atoms. The van der Waals surface area contributed by atoms with Gasteiger partial charge in [-0.1, -0.05) is 72.9 Å². The molecule has 0 heterocycles. The van der Waals surface area contributed by atoms with Crippen molar-refractivity contribution in [3.05, 3.63) is 75.8 Å². The van der Waals surface area contributed by atoms with E-state index in [1.165, 1.54) is 0 Å². The number of carbonyl (C=O) groups excluding carboxylic acids is 1. The standard InChI is InChI=1S/C22H21Cl2NO2/c1-2-3-8-20(27)25-22(17-11-10-15(23)13-18(17)24)21-16-7-5-4-6-14(16)9-12-19(21)26/h4-7,9-13,22,26H,2-3,8H2,1H3,(H,25,27)/t22-/m0/s1. The Labute approximate surface area is 168 Å². The molecule has 3 aromatic rings. The van der Waals surface area contributed by atoms with Crippen LogP contribution in [-0.4, -0.2) is 11.0 Å². The van der Waals surface area contributed by atoms with Gasteiger partial charge in [0.1, 0.15) is 5.75 Å². The predicted octanol–water partition coefficient (Wildman–Crippen LogP) is 6.25. The smallest absolute Gasteiger partial charge is 0.220 e. The van der Waals surface area contributed by atoms with Gasteiger partial charge in [0.2, 0.25) is 5.91 Å². The average Bonchev–Trinajstić information content (AvgIpc) is 2.65. The summed E-state index contributed by atoms with van der Waals surface area (Å²) in [5.74, 6) is 0.0284. The molecule has 0 spiro atoms. The highest BCUT2D eigenvalue weighted by molar-refractivity contribution is 6.35. The number of rotatable bonds is 6. The Hall–Kier alpha value is -2.23. The fraction of sp³-hybridized carbons (Fsp3) is 0.227. The maximum Gasteiger partial charge on any atom is 0.220 e. The van der Waals surface area contributed by atoms with Crippen molar-refractivity contribution in [1.29, 1.82) is 0 Å². The van der Waals surface area contributed by atoms with Crippen molar-refractivity contribution in [1.82, 2.24) is 5.32 Å². The molecule has 3 rings (SSSR count). The predicted molar refractivity (Wildman–Crippen MR) is 112 cm³/mol. The molecule has 3 aromatic carbocycles. The van der Waals surface area contributed by atoms with E-state index in [0.717, 1.165) is 23.6 Å². The molecule has 0 aliphatic rings. The first kappa shape index (κ1) is 19.5. The zero-order valence-corrected chi connectivity index (χ0v) is 16.5. The second-order valence-corrected chi connectivity index (χ2v) is 7.33. The molecule has 5 heteroatoms. The van der Waals surface area contributed by atoms with Gasteiger partial charge in [-0.05, 0) is 41.0 Å². The third-order valence-corrected chi connectivity index (χ3v) is 5.13. The van der Waals surface area contributed by atoms with Crippen LogP contribution in [0.2, 0.25) is 10.0 Å². The van der Waals surface area contributed by atoms with E-state index in [1.807, 2.05) is 37.3 Å². The number of halogens is 2. The Morgan fingerprint density at radius 1 is 1.11 bits per heavy atom. The molecular formula is C22H21Cl2NO2. The lowest BCUT2D eigenvalue weighted by Gasteiger charge is -2.23. The van der Waals surface area contributed by atoms with Gasteiger partial charge in [-0.15, -0.1) is 0 Å². The summed E-state index contributed by atoms with van der Waals surface area (Å²) in [4.78, 5) is 12.5. The van der Waals surface area contributed by atoms with E-state index >= 15 is 0 Å². The van der Waals surface area contributed by atoms with Crippen LogP contribution in [0.3, 0.4) is 0 Å². The van der Waals surface area contributed by atoms with Gasteiger partial charge in [-0.2, -0.15) is 0 Å². The van der Waals surface area contributed by atoms with Crippen molar-refractivity contribution in [2.24, 2.45) is 0 Å². The number of hydrogen-bond acceptors (Lipinski definition) is 2. The fourth-order valence-electron chi connectivity index (χ4n) is 3.20. The molecule has 0 bridgehead atoms. The van der Waals surface area contributed by atoms with Crippen LogP contribution in [0, 0.1) is 0 Å². The number of phenols is 1. The monoisotopic (exact) mass is 401 g/mol. The first-order chi connectivity index (χ1) is 13.0. The minimum absolute atomic E-state index is 0.0831. The zero-order valence-electron chi connectivity index (χ0n) is 15.0. The van der Waals surface area contributed by atoms with Crippen molar-refractivity contribution in [3.8, 4) is 5.75 Å². The maximum atomic E-state index is 12.5. The van der Waals surface area contributed by atoms with Crippen LogP contribution in [0.25, 0.3) is 10.8 Å². The second-order valence-electron chi connectivity index (χ2n) is 6.49. The molecule has 0 fully saturated rings. The number of phenolic OH excluding ortho intramolecular Hbond substituents is 1. The molecular weight excluding hydrogens is 381 g/mol. The number of nitrogens with one attached hydrogen (secondary N) is 1. The number of carbonyl (C=O) groups is 1. The summed E-state index contributed by atoms with van der Waals surface area (Å²) in [6, 6.07) is 15.8. The van der Waals surface area contributed by atoms with E-state index in [9.17, 15) is 9.90 Å². The first-order valence-electron chi connectivity index (χ1n) is 8.96. The highest BCUT2D eigenvalue weighted by Crippen LogP contribution is 2.38. The SMILES string of the molecule is CCCCC(=O)N[C@@H](c1ccc(Cl)cc1Cl)c1c(O)ccc2ccccc12. The number of amides is 1. The van der Waals surface area contributed by atoms with Gasteiger partial charge in [0, 0.05) is 22.0 Å². The highest BCUT2D eigenvalue weighted by Gasteiger charge is 2.24. The van der Waals surface area contributed by atoms with Crippen molar-refractivity contribution in [3.63, 3.8) is 0 Å². The zero-order chi connectivity index (χ0) is 19.4. The summed E-state index contributed by atoms with van der Waals surface area (Å²) >= 11 is 12.5. The van der Waals surface area contributed by atoms with Gasteiger partial charge in [0.25, 0.3) is 0 Å². The van der Waals surface area contributed by atoms with Crippen molar-refractivity contribution in [2.45, 2.75) is 32.2 Å². The molecule has 3 nitrogen and oxygen atoms in total. The van der Waals surface area contributed by atoms with Crippen LogP contribution >= 0.6 is 23.2 Å². The number of fused-ring (bicyclic) bond motifs is 1. The number of benzene rings is 3. The van der Waals surface area contributed by atoms with Crippen LogP contribution in [-0.2, 0) is 4.79 Å². The molecule has 0 aromatic heterocycles. The molecule has 0 aliphatic heterocycles. The molecule has 140 valence electrons. The Morgan fingerprint density at radius 2 is 1.89 bits per heavy atom. The lowest BCUT2D eigenvalue weighted by atomic mass is 9.92. The normalized spacial score (nSPS) is 12.1. The Kier molecular flexibility index (Phi) is 6.25. The molecule has 0 aliphatic carbocycles. The van der Waals surface area contributed by atoms with Gasteiger partial charge in [0.15, 0.2) is 0 Å². The minimum atomic E-state index is -0.578. The van der Waals surface area contributed by atoms with E-state index in [-0.39, 0.29) is 11.7 Å². The van der Waals surface area contributed by atoms with Gasteiger partial charge in [-0.3, -0.25) is 4.79 Å². The average molecular weight is 402 g/mol. The van der Waals surface area contributed by atoms with Crippen molar-refractivity contribution < 1.29 is 9.90 Å². The molecule has 0 saturated carbocycles. The molecule has 2 N–H and O–H groups in total. The Bertz CT molecular complexity index is 972. The van der Waals surface area contributed by atoms with Crippen LogP contribution < -0.4 is 5.32 Å². The van der Waals surface area contributed by atoms with E-state index < -0.39 is 6.04 Å². The second kappa shape index (κ2) is 8.64. The summed E-state index contributed by atoms with van der Waals surface area (Å²) < 4.78 is 0. The van der Waals surface area contributed by atoms with E-state index in [2.05, 4.69) is 5.32 Å². The van der Waals surface area contributed by atoms with E-state index in [4.69, 9.17) is 23.2 Å². The Balaban J connectivity index is 2.15. The van der Waals surface area contributed by atoms with Gasteiger partial charge in [-0.25, -0.2) is 0 Å². The molecule has 0 saturated heterocycles. The fourth-order valence-corrected chi connectivity index (χ4v) is 3.72. The number of hydrogen-bond donors (Lipinski definition) is 2. The third-order valence-electron chi connectivity index (χ3n) is 4.57. The number of aromatic hydroxyl groups is 1. The van der Waals surface area contributed by atoms with Crippen LogP contribution in [0.5, 0.6) is 5.75 Å². The molecule has 1 atom stereocenters. The van der Waals surface area contributed by atoms with Crippen LogP contribution in [0.15, 0.2) is 54.6 Å². The molecule has 0 radical (unpaired) electrons. The summed E-state index contributed by atoms with van der Waals surface area (Å²) in [5, 5.41) is 16.5. The Morgan fingerprint density at radius 3 is 2.63 bits per heavy atom. The highest BCUT2D eigenvalue weighted by atomic mass is 35.5. The third kappa shape index (κ3) is 4.37. The first-order valence-corrected chi connectivity index (χ1v) is 9.71. The summed E-state index contributed by atoms with van der Waals surface area (Å²) in [7, 11) is 0. The largest absolute Gasteiger partial charge is 0.508 e. The van der Waals surface area contributed by atoms with Gasteiger partial charge in [0.05, 0.1) is 6.04 Å². The molecule has 1 amide bonds. The summed E-state index contributed by atoms with van der Waals surface area (Å²) in [6.07, 6.45) is 2.15. The lowest BCUT2D eigenvalue weighted by Crippen LogP contribution is -2.29. The van der Waals surface area contributed by atoms with Gasteiger partial charge >= 0.3 is 0 Å². The summed E-state index contributed by atoms with van der Waals surface area (Å²) in [5.41, 5.74) is 1.32. The van der Waals surface area contributed by atoms with Crippen LogP contribution in [0.1, 0.15) is 43.4 Å². The van der Waals surface area contributed by atoms with Crippen LogP contribution in [0.4, 0.5) is 0 Å². The number of unbranched alkanes of at least 4 members (excludes halogenated alkanes) is 1. The molecule has 0 unspecified atom stereocenters.